The molecule has 114 valence electrons. The van der Waals surface area contributed by atoms with Crippen LogP contribution in [0.2, 0.25) is 0 Å². The molecule has 0 aliphatic carbocycles. The molecular formula is C16H27NO3. The van der Waals surface area contributed by atoms with Gasteiger partial charge in [0.1, 0.15) is 0 Å². The lowest BCUT2D eigenvalue weighted by atomic mass is 9.96. The van der Waals surface area contributed by atoms with E-state index in [2.05, 4.69) is 5.32 Å². The van der Waals surface area contributed by atoms with E-state index in [9.17, 15) is 5.11 Å². The lowest BCUT2D eigenvalue weighted by Gasteiger charge is -2.24. The highest BCUT2D eigenvalue weighted by Gasteiger charge is 2.21. The van der Waals surface area contributed by atoms with Crippen molar-refractivity contribution in [2.75, 3.05) is 40.0 Å². The molecule has 0 aliphatic heterocycles. The lowest BCUT2D eigenvalue weighted by Crippen LogP contribution is -2.35. The fourth-order valence-electron chi connectivity index (χ4n) is 1.93. The van der Waals surface area contributed by atoms with E-state index in [1.54, 1.807) is 7.11 Å². The number of hydrogen-bond donors (Lipinski definition) is 2. The zero-order valence-corrected chi connectivity index (χ0v) is 12.6. The average molecular weight is 281 g/mol. The first kappa shape index (κ1) is 17.1. The largest absolute Gasteiger partial charge is 0.384 e. The van der Waals surface area contributed by atoms with Gasteiger partial charge in [-0.25, -0.2) is 0 Å². The van der Waals surface area contributed by atoms with E-state index < -0.39 is 5.60 Å². The van der Waals surface area contributed by atoms with Crippen molar-refractivity contribution in [1.29, 1.82) is 0 Å². The Balaban J connectivity index is 2.06. The van der Waals surface area contributed by atoms with Crippen molar-refractivity contribution in [3.8, 4) is 0 Å². The Kier molecular flexibility index (Phi) is 8.46. The Bertz CT molecular complexity index is 341. The van der Waals surface area contributed by atoms with Gasteiger partial charge in [0.05, 0.1) is 18.8 Å². The molecule has 4 heteroatoms. The van der Waals surface area contributed by atoms with Crippen molar-refractivity contribution in [2.45, 2.75) is 25.4 Å². The van der Waals surface area contributed by atoms with Crippen molar-refractivity contribution in [1.82, 2.24) is 5.32 Å². The zero-order chi connectivity index (χ0) is 14.7. The van der Waals surface area contributed by atoms with Crippen LogP contribution < -0.4 is 5.32 Å². The van der Waals surface area contributed by atoms with Crippen LogP contribution >= 0.6 is 0 Å². The second-order valence-corrected chi connectivity index (χ2v) is 5.13. The monoisotopic (exact) mass is 281 g/mol. The second-order valence-electron chi connectivity index (χ2n) is 5.13. The molecule has 2 N–H and O–H groups in total. The smallest absolute Gasteiger partial charge is 0.0992 e. The van der Waals surface area contributed by atoms with Gasteiger partial charge in [-0.2, -0.15) is 0 Å². The third kappa shape index (κ3) is 7.01. The minimum Gasteiger partial charge on any atom is -0.384 e. The van der Waals surface area contributed by atoms with Crippen molar-refractivity contribution < 1.29 is 14.6 Å². The molecule has 0 fully saturated rings. The maximum Gasteiger partial charge on any atom is 0.0992 e. The quantitative estimate of drug-likeness (QED) is 0.609. The van der Waals surface area contributed by atoms with Gasteiger partial charge in [0.15, 0.2) is 0 Å². The first-order valence-corrected chi connectivity index (χ1v) is 7.22. The molecule has 0 saturated heterocycles. The van der Waals surface area contributed by atoms with Crippen LogP contribution in [0.15, 0.2) is 30.3 Å². The van der Waals surface area contributed by atoms with Crippen LogP contribution in [0.3, 0.4) is 0 Å². The normalized spacial score (nSPS) is 14.2. The number of methoxy groups -OCH3 is 1. The molecule has 0 amide bonds. The molecule has 0 aliphatic rings. The molecule has 20 heavy (non-hydrogen) atoms. The van der Waals surface area contributed by atoms with E-state index in [1.165, 1.54) is 0 Å². The molecule has 0 spiro atoms. The summed E-state index contributed by atoms with van der Waals surface area (Å²) in [7, 11) is 1.67. The van der Waals surface area contributed by atoms with Crippen LogP contribution in [0.1, 0.15) is 25.3 Å². The van der Waals surface area contributed by atoms with Crippen molar-refractivity contribution in [3.05, 3.63) is 35.9 Å². The zero-order valence-electron chi connectivity index (χ0n) is 12.6. The number of hydrogen-bond acceptors (Lipinski definition) is 4. The summed E-state index contributed by atoms with van der Waals surface area (Å²) in [5.74, 6) is 0. The molecule has 0 heterocycles. The first-order chi connectivity index (χ1) is 9.67. The highest BCUT2D eigenvalue weighted by molar-refractivity contribution is 5.21. The SMILES string of the molecule is COCCOCCCCNCC(C)(O)c1ccccc1. The average Bonchev–Trinajstić information content (AvgIpc) is 2.46. The predicted octanol–water partition coefficient (Wildman–Crippen LogP) is 1.93. The Labute approximate surface area is 122 Å². The minimum atomic E-state index is -0.823. The second kappa shape index (κ2) is 9.88. The lowest BCUT2D eigenvalue weighted by molar-refractivity contribution is 0.0558. The maximum atomic E-state index is 10.4. The summed E-state index contributed by atoms with van der Waals surface area (Å²) in [5, 5.41) is 13.7. The molecular weight excluding hydrogens is 254 g/mol. The third-order valence-corrected chi connectivity index (χ3v) is 3.19. The molecule has 1 unspecified atom stereocenters. The van der Waals surface area contributed by atoms with Gasteiger partial charge in [0.25, 0.3) is 0 Å². The van der Waals surface area contributed by atoms with Gasteiger partial charge in [0, 0.05) is 20.3 Å². The molecule has 4 nitrogen and oxygen atoms in total. The van der Waals surface area contributed by atoms with Gasteiger partial charge in [-0.15, -0.1) is 0 Å². The first-order valence-electron chi connectivity index (χ1n) is 7.22. The molecule has 1 aromatic carbocycles. The van der Waals surface area contributed by atoms with E-state index in [0.29, 0.717) is 19.8 Å². The maximum absolute atomic E-state index is 10.4. The molecule has 1 rings (SSSR count). The molecule has 1 atom stereocenters. The van der Waals surface area contributed by atoms with Gasteiger partial charge in [-0.05, 0) is 31.9 Å². The third-order valence-electron chi connectivity index (χ3n) is 3.19. The topological polar surface area (TPSA) is 50.7 Å². The number of aliphatic hydroxyl groups is 1. The Morgan fingerprint density at radius 1 is 1.10 bits per heavy atom. The van der Waals surface area contributed by atoms with Gasteiger partial charge in [0.2, 0.25) is 0 Å². The summed E-state index contributed by atoms with van der Waals surface area (Å²) in [6, 6.07) is 9.75. The number of nitrogens with one attached hydrogen (secondary N) is 1. The fraction of sp³-hybridized carbons (Fsp3) is 0.625. The standard InChI is InChI=1S/C16H27NO3/c1-16(18,15-8-4-3-5-9-15)14-17-10-6-7-11-20-13-12-19-2/h3-5,8-9,17-18H,6-7,10-14H2,1-2H3. The van der Waals surface area contributed by atoms with Crippen LogP contribution in [-0.4, -0.2) is 45.1 Å². The molecule has 0 saturated carbocycles. The Morgan fingerprint density at radius 3 is 2.55 bits per heavy atom. The number of benzene rings is 1. The molecule has 0 radical (unpaired) electrons. The van der Waals surface area contributed by atoms with E-state index in [4.69, 9.17) is 9.47 Å². The summed E-state index contributed by atoms with van der Waals surface area (Å²) < 4.78 is 10.3. The fourth-order valence-corrected chi connectivity index (χ4v) is 1.93. The summed E-state index contributed by atoms with van der Waals surface area (Å²) in [5.41, 5.74) is 0.117. The van der Waals surface area contributed by atoms with Crippen LogP contribution in [0.25, 0.3) is 0 Å². The summed E-state index contributed by atoms with van der Waals surface area (Å²) in [4.78, 5) is 0. The van der Waals surface area contributed by atoms with Crippen molar-refractivity contribution >= 4 is 0 Å². The van der Waals surface area contributed by atoms with E-state index in [0.717, 1.165) is 31.6 Å². The minimum absolute atomic E-state index is 0.557. The summed E-state index contributed by atoms with van der Waals surface area (Å²) >= 11 is 0. The summed E-state index contributed by atoms with van der Waals surface area (Å²) in [6.07, 6.45) is 2.06. The van der Waals surface area contributed by atoms with Crippen molar-refractivity contribution in [3.63, 3.8) is 0 Å². The predicted molar refractivity (Wildman–Crippen MR) is 80.8 cm³/mol. The number of rotatable bonds is 11. The van der Waals surface area contributed by atoms with Gasteiger partial charge < -0.3 is 19.9 Å². The van der Waals surface area contributed by atoms with E-state index in [-0.39, 0.29) is 0 Å². The molecule has 0 bridgehead atoms. The number of unbranched alkanes of at least 4 members (excludes halogenated alkanes) is 1. The summed E-state index contributed by atoms with van der Waals surface area (Å²) in [6.45, 7) is 5.35. The van der Waals surface area contributed by atoms with Gasteiger partial charge in [-0.3, -0.25) is 0 Å². The molecule has 0 aromatic heterocycles. The Morgan fingerprint density at radius 2 is 1.85 bits per heavy atom. The van der Waals surface area contributed by atoms with Gasteiger partial charge in [-0.1, -0.05) is 30.3 Å². The highest BCUT2D eigenvalue weighted by Crippen LogP contribution is 2.18. The van der Waals surface area contributed by atoms with Crippen LogP contribution in [0.5, 0.6) is 0 Å². The highest BCUT2D eigenvalue weighted by atomic mass is 16.5. The molecule has 1 aromatic rings. The number of ether oxygens (including phenoxy) is 2. The van der Waals surface area contributed by atoms with E-state index >= 15 is 0 Å². The van der Waals surface area contributed by atoms with E-state index in [1.807, 2.05) is 37.3 Å². The van der Waals surface area contributed by atoms with Crippen molar-refractivity contribution in [2.24, 2.45) is 0 Å². The Hall–Kier alpha value is -0.940. The van der Waals surface area contributed by atoms with Crippen LogP contribution in [-0.2, 0) is 15.1 Å². The van der Waals surface area contributed by atoms with Crippen LogP contribution in [0.4, 0.5) is 0 Å². The van der Waals surface area contributed by atoms with Crippen LogP contribution in [0, 0.1) is 0 Å². The van der Waals surface area contributed by atoms with Gasteiger partial charge >= 0.3 is 0 Å².